The van der Waals surface area contributed by atoms with Crippen molar-refractivity contribution in [2.45, 2.75) is 81.6 Å². The molecule has 9 heteroatoms. The van der Waals surface area contributed by atoms with Crippen LogP contribution in [0.25, 0.3) is 0 Å². The van der Waals surface area contributed by atoms with E-state index in [4.69, 9.17) is 15.0 Å². The lowest BCUT2D eigenvalue weighted by atomic mass is 9.52. The number of aromatic nitrogens is 1. The standard InChI is InChI=1S/C22H33N3O5S/c1-11(2)31-17-16(30-25-19(17)29-10-21(3,4)20(23)27)18(26)24-15-13-5-12-6-14(15)9-22(28,7-12)8-13/h11-15,28H,5-10H2,1-4H3,(H2,23,27)(H,24,26)/t12?,13?,14?,15-,22-. The first kappa shape index (κ1) is 22.5. The number of carbonyl (C=O) groups is 2. The Kier molecular flexibility index (Phi) is 5.79. The van der Waals surface area contributed by atoms with Crippen molar-refractivity contribution < 1.29 is 24.0 Å². The Hall–Kier alpha value is -1.74. The number of aliphatic hydroxyl groups is 1. The summed E-state index contributed by atoms with van der Waals surface area (Å²) in [5, 5.41) is 18.1. The normalized spacial score (nSPS) is 31.8. The van der Waals surface area contributed by atoms with Crippen molar-refractivity contribution in [1.82, 2.24) is 10.5 Å². The summed E-state index contributed by atoms with van der Waals surface area (Å²) in [5.41, 5.74) is 4.01. The molecule has 2 unspecified atom stereocenters. The van der Waals surface area contributed by atoms with Crippen LogP contribution in [-0.4, -0.2) is 45.6 Å². The lowest BCUT2D eigenvalue weighted by Crippen LogP contribution is -2.61. The molecule has 0 aliphatic heterocycles. The first-order valence-corrected chi connectivity index (χ1v) is 12.0. The van der Waals surface area contributed by atoms with Crippen molar-refractivity contribution in [3.8, 4) is 5.88 Å². The largest absolute Gasteiger partial charge is 0.474 e. The number of rotatable bonds is 8. The smallest absolute Gasteiger partial charge is 0.291 e. The van der Waals surface area contributed by atoms with Gasteiger partial charge in [0.1, 0.15) is 11.5 Å². The van der Waals surface area contributed by atoms with Crippen LogP contribution in [0.15, 0.2) is 9.42 Å². The zero-order chi connectivity index (χ0) is 22.6. The Morgan fingerprint density at radius 1 is 1.32 bits per heavy atom. The Morgan fingerprint density at radius 2 is 1.97 bits per heavy atom. The van der Waals surface area contributed by atoms with Gasteiger partial charge in [-0.15, -0.1) is 11.8 Å². The lowest BCUT2D eigenvalue weighted by molar-refractivity contribution is -0.137. The highest BCUT2D eigenvalue weighted by Crippen LogP contribution is 2.55. The van der Waals surface area contributed by atoms with Crippen molar-refractivity contribution in [3.05, 3.63) is 5.76 Å². The summed E-state index contributed by atoms with van der Waals surface area (Å²) in [5.74, 6) is 0.741. The minimum Gasteiger partial charge on any atom is -0.474 e. The number of hydrogen-bond acceptors (Lipinski definition) is 7. The first-order valence-electron chi connectivity index (χ1n) is 11.1. The first-order chi connectivity index (χ1) is 14.5. The second-order valence-corrected chi connectivity index (χ2v) is 12.1. The van der Waals surface area contributed by atoms with Gasteiger partial charge in [0.15, 0.2) is 0 Å². The summed E-state index contributed by atoms with van der Waals surface area (Å²) in [7, 11) is 0. The van der Waals surface area contributed by atoms with Crippen LogP contribution in [0.1, 0.15) is 70.4 Å². The monoisotopic (exact) mass is 451 g/mol. The average Bonchev–Trinajstić information content (AvgIpc) is 3.03. The molecule has 2 amide bonds. The van der Waals surface area contributed by atoms with E-state index >= 15 is 0 Å². The van der Waals surface area contributed by atoms with Crippen molar-refractivity contribution in [1.29, 1.82) is 0 Å². The van der Waals surface area contributed by atoms with Crippen molar-refractivity contribution >= 4 is 23.6 Å². The van der Waals surface area contributed by atoms with Gasteiger partial charge in [0, 0.05) is 11.3 Å². The fourth-order valence-electron chi connectivity index (χ4n) is 5.60. The third kappa shape index (κ3) is 4.44. The van der Waals surface area contributed by atoms with E-state index in [1.807, 2.05) is 13.8 Å². The van der Waals surface area contributed by atoms with Gasteiger partial charge in [0.05, 0.1) is 11.0 Å². The molecule has 0 radical (unpaired) electrons. The topological polar surface area (TPSA) is 128 Å². The predicted molar refractivity (Wildman–Crippen MR) is 116 cm³/mol. The third-order valence-electron chi connectivity index (χ3n) is 6.96. The molecule has 1 aromatic heterocycles. The molecule has 31 heavy (non-hydrogen) atoms. The molecule has 0 saturated heterocycles. The highest BCUT2D eigenvalue weighted by Gasteiger charge is 2.55. The van der Waals surface area contributed by atoms with Gasteiger partial charge in [-0.05, 0) is 68.9 Å². The van der Waals surface area contributed by atoms with Crippen molar-refractivity contribution in [2.24, 2.45) is 28.9 Å². The van der Waals surface area contributed by atoms with E-state index in [1.54, 1.807) is 13.8 Å². The number of nitrogens with zero attached hydrogens (tertiary/aromatic N) is 1. The summed E-state index contributed by atoms with van der Waals surface area (Å²) in [4.78, 5) is 25.3. The maximum absolute atomic E-state index is 13.2. The zero-order valence-corrected chi connectivity index (χ0v) is 19.5. The minimum atomic E-state index is -0.873. The molecule has 4 fully saturated rings. The molecule has 8 nitrogen and oxygen atoms in total. The highest BCUT2D eigenvalue weighted by molar-refractivity contribution is 8.00. The van der Waals surface area contributed by atoms with Gasteiger partial charge in [-0.3, -0.25) is 9.59 Å². The Balaban J connectivity index is 1.50. The number of amides is 2. The van der Waals surface area contributed by atoms with Crippen LogP contribution < -0.4 is 15.8 Å². The van der Waals surface area contributed by atoms with Gasteiger partial charge >= 0.3 is 0 Å². The molecule has 2 atom stereocenters. The molecule has 0 spiro atoms. The van der Waals surface area contributed by atoms with Gasteiger partial charge in [-0.25, -0.2) is 0 Å². The van der Waals surface area contributed by atoms with E-state index in [2.05, 4.69) is 10.5 Å². The highest BCUT2D eigenvalue weighted by atomic mass is 32.2. The fourth-order valence-corrected chi connectivity index (χ4v) is 6.50. The Morgan fingerprint density at radius 3 is 2.52 bits per heavy atom. The van der Waals surface area contributed by atoms with E-state index < -0.39 is 16.9 Å². The average molecular weight is 452 g/mol. The van der Waals surface area contributed by atoms with Crippen molar-refractivity contribution in [3.63, 3.8) is 0 Å². The fraction of sp³-hybridized carbons (Fsp3) is 0.773. The zero-order valence-electron chi connectivity index (χ0n) is 18.6. The van der Waals surface area contributed by atoms with Gasteiger partial charge in [0.25, 0.3) is 11.8 Å². The molecule has 4 bridgehead atoms. The van der Waals surface area contributed by atoms with Crippen LogP contribution in [0, 0.1) is 23.2 Å². The SMILES string of the molecule is CC(C)Sc1c(OCC(C)(C)C(N)=O)noc1C(=O)N[C@H]1C2CC3CC1C[C@](O)(C3)C2. The number of hydrogen-bond donors (Lipinski definition) is 3. The molecule has 172 valence electrons. The van der Waals surface area contributed by atoms with E-state index in [-0.39, 0.29) is 35.4 Å². The molecule has 5 rings (SSSR count). The van der Waals surface area contributed by atoms with Crippen LogP contribution in [0.5, 0.6) is 5.88 Å². The maximum Gasteiger partial charge on any atom is 0.291 e. The number of carbonyl (C=O) groups excluding carboxylic acids is 2. The molecule has 1 aromatic rings. The van der Waals surface area contributed by atoms with Crippen LogP contribution in [0.3, 0.4) is 0 Å². The van der Waals surface area contributed by atoms with Crippen LogP contribution >= 0.6 is 11.8 Å². The second-order valence-electron chi connectivity index (χ2n) is 10.5. The number of ether oxygens (including phenoxy) is 1. The molecule has 4 aliphatic rings. The van der Waals surface area contributed by atoms with Gasteiger partial charge in [-0.2, -0.15) is 0 Å². The van der Waals surface area contributed by atoms with Gasteiger partial charge in [-0.1, -0.05) is 13.8 Å². The van der Waals surface area contributed by atoms with E-state index in [0.29, 0.717) is 22.6 Å². The van der Waals surface area contributed by atoms with E-state index in [1.165, 1.54) is 11.8 Å². The molecular formula is C22H33N3O5S. The minimum absolute atomic E-state index is 0.0360. The Bertz CT molecular complexity index is 851. The number of nitrogens with two attached hydrogens (primary N) is 1. The summed E-state index contributed by atoms with van der Waals surface area (Å²) in [6.07, 6.45) is 4.53. The predicted octanol–water partition coefficient (Wildman–Crippen LogP) is 2.73. The lowest BCUT2D eigenvalue weighted by Gasteiger charge is -2.58. The van der Waals surface area contributed by atoms with Gasteiger partial charge < -0.3 is 25.4 Å². The second kappa shape index (κ2) is 7.99. The van der Waals surface area contributed by atoms with Crippen LogP contribution in [0.4, 0.5) is 0 Å². The van der Waals surface area contributed by atoms with E-state index in [0.717, 1.165) is 32.1 Å². The summed E-state index contributed by atoms with van der Waals surface area (Å²) < 4.78 is 11.2. The quantitative estimate of drug-likeness (QED) is 0.519. The Labute approximate surface area is 187 Å². The maximum atomic E-state index is 13.2. The van der Waals surface area contributed by atoms with Gasteiger partial charge in [0.2, 0.25) is 11.7 Å². The number of primary amides is 1. The molecule has 1 heterocycles. The summed E-state index contributed by atoms with van der Waals surface area (Å²) in [6.45, 7) is 7.44. The molecule has 4 saturated carbocycles. The number of nitrogens with one attached hydrogen (secondary N) is 1. The van der Waals surface area contributed by atoms with Crippen LogP contribution in [0.2, 0.25) is 0 Å². The summed E-state index contributed by atoms with van der Waals surface area (Å²) in [6, 6.07) is 0.0458. The summed E-state index contributed by atoms with van der Waals surface area (Å²) >= 11 is 1.44. The molecule has 4 aliphatic carbocycles. The molecule has 0 aromatic carbocycles. The molecular weight excluding hydrogens is 418 g/mol. The third-order valence-corrected chi connectivity index (χ3v) is 8.02. The molecule has 4 N–H and O–H groups in total. The van der Waals surface area contributed by atoms with Crippen molar-refractivity contribution in [2.75, 3.05) is 6.61 Å². The van der Waals surface area contributed by atoms with Crippen LogP contribution in [-0.2, 0) is 4.79 Å². The number of thioether (sulfide) groups is 1. The van der Waals surface area contributed by atoms with E-state index in [9.17, 15) is 14.7 Å².